The molecule has 0 radical (unpaired) electrons. The van der Waals surface area contributed by atoms with Gasteiger partial charge in [0, 0.05) is 17.1 Å². The Balaban J connectivity index is 1.93. The number of aromatic nitrogens is 2. The van der Waals surface area contributed by atoms with Crippen LogP contribution in [-0.4, -0.2) is 20.9 Å². The monoisotopic (exact) mass is 428 g/mol. The maximum atomic E-state index is 13.8. The second kappa shape index (κ2) is 7.89. The summed E-state index contributed by atoms with van der Waals surface area (Å²) in [6.07, 6.45) is 1.84. The Hall–Kier alpha value is -1.63. The molecule has 3 aromatic rings. The molecule has 0 fully saturated rings. The lowest BCUT2D eigenvalue weighted by molar-refractivity contribution is -0.0379. The minimum absolute atomic E-state index is 0.0477. The van der Waals surface area contributed by atoms with E-state index in [1.165, 1.54) is 0 Å². The van der Waals surface area contributed by atoms with E-state index in [-0.39, 0.29) is 11.2 Å². The number of hydrogen-bond acceptors (Lipinski definition) is 5. The van der Waals surface area contributed by atoms with Crippen molar-refractivity contribution in [1.29, 1.82) is 0 Å². The lowest BCUT2D eigenvalue weighted by atomic mass is 9.94. The molecule has 29 heavy (non-hydrogen) atoms. The molecule has 6 heteroatoms. The number of fused-ring (bicyclic) bond motifs is 3. The molecular formula is C23H28N2O2S2. The van der Waals surface area contributed by atoms with Crippen LogP contribution in [0.1, 0.15) is 50.1 Å². The lowest BCUT2D eigenvalue weighted by Crippen LogP contribution is -2.32. The van der Waals surface area contributed by atoms with Crippen LogP contribution in [0, 0.1) is 12.8 Å². The van der Waals surface area contributed by atoms with Gasteiger partial charge in [0.15, 0.2) is 5.16 Å². The first-order valence-corrected chi connectivity index (χ1v) is 12.0. The Bertz CT molecular complexity index is 1110. The highest BCUT2D eigenvalue weighted by molar-refractivity contribution is 7.99. The minimum atomic E-state index is -0.258. The van der Waals surface area contributed by atoms with Gasteiger partial charge in [-0.2, -0.15) is 0 Å². The van der Waals surface area contributed by atoms with E-state index in [9.17, 15) is 4.79 Å². The van der Waals surface area contributed by atoms with E-state index >= 15 is 0 Å². The number of thiophene rings is 1. The molecule has 4 rings (SSSR count). The van der Waals surface area contributed by atoms with Gasteiger partial charge in [0.2, 0.25) is 0 Å². The van der Waals surface area contributed by atoms with Crippen molar-refractivity contribution in [3.05, 3.63) is 50.6 Å². The molecule has 1 aliphatic rings. The van der Waals surface area contributed by atoms with E-state index in [1.807, 2.05) is 22.8 Å². The average molecular weight is 429 g/mol. The number of nitrogens with zero attached hydrogens (tertiary/aromatic N) is 2. The molecule has 0 unspecified atom stereocenters. The number of thioether (sulfide) groups is 1. The molecule has 0 atom stereocenters. The number of benzene rings is 1. The molecule has 3 heterocycles. The third-order valence-corrected chi connectivity index (χ3v) is 7.43. The summed E-state index contributed by atoms with van der Waals surface area (Å²) in [5.41, 5.74) is 2.91. The first-order valence-electron chi connectivity index (χ1n) is 10.2. The van der Waals surface area contributed by atoms with Crippen molar-refractivity contribution in [2.75, 3.05) is 5.75 Å². The summed E-state index contributed by atoms with van der Waals surface area (Å²) < 4.78 is 7.82. The van der Waals surface area contributed by atoms with E-state index in [0.29, 0.717) is 12.5 Å². The fraction of sp³-hybridized carbons (Fsp3) is 0.478. The SMILES string of the molecule is Cc1ccccc1-n1c(SCCC(C)C)nc2sc3c(c2c1=O)CC(C)(C)OC3. The van der Waals surface area contributed by atoms with E-state index in [2.05, 4.69) is 40.7 Å². The third kappa shape index (κ3) is 4.03. The topological polar surface area (TPSA) is 44.1 Å². The van der Waals surface area contributed by atoms with Gasteiger partial charge in [0.1, 0.15) is 4.83 Å². The number of aryl methyl sites for hydroxylation is 1. The van der Waals surface area contributed by atoms with Crippen molar-refractivity contribution >= 4 is 33.3 Å². The zero-order chi connectivity index (χ0) is 20.8. The summed E-state index contributed by atoms with van der Waals surface area (Å²) in [6.45, 7) is 11.2. The quantitative estimate of drug-likeness (QED) is 0.384. The van der Waals surface area contributed by atoms with Crippen LogP contribution in [0.25, 0.3) is 15.9 Å². The summed E-state index contributed by atoms with van der Waals surface area (Å²) >= 11 is 3.29. The average Bonchev–Trinajstić information content (AvgIpc) is 2.99. The molecule has 0 spiro atoms. The normalized spacial score (nSPS) is 15.8. The van der Waals surface area contributed by atoms with E-state index < -0.39 is 0 Å². The first-order chi connectivity index (χ1) is 13.8. The molecule has 1 aliphatic heterocycles. The van der Waals surface area contributed by atoms with Crippen LogP contribution < -0.4 is 5.56 Å². The highest BCUT2D eigenvalue weighted by atomic mass is 32.2. The van der Waals surface area contributed by atoms with Gasteiger partial charge in [0.25, 0.3) is 5.56 Å². The van der Waals surface area contributed by atoms with Gasteiger partial charge >= 0.3 is 0 Å². The second-order valence-corrected chi connectivity index (χ2v) is 10.9. The predicted octanol–water partition coefficient (Wildman–Crippen LogP) is 5.75. The van der Waals surface area contributed by atoms with Crippen LogP contribution >= 0.6 is 23.1 Å². The molecule has 1 aromatic carbocycles. The van der Waals surface area contributed by atoms with Gasteiger partial charge in [0.05, 0.1) is 23.3 Å². The van der Waals surface area contributed by atoms with Gasteiger partial charge < -0.3 is 4.74 Å². The molecule has 0 N–H and O–H groups in total. The smallest absolute Gasteiger partial charge is 0.267 e. The lowest BCUT2D eigenvalue weighted by Gasteiger charge is -2.30. The fourth-order valence-electron chi connectivity index (χ4n) is 3.68. The van der Waals surface area contributed by atoms with Crippen LogP contribution in [0.4, 0.5) is 0 Å². The number of rotatable bonds is 5. The van der Waals surface area contributed by atoms with Gasteiger partial charge in [-0.25, -0.2) is 4.98 Å². The number of para-hydroxylation sites is 1. The number of hydrogen-bond donors (Lipinski definition) is 0. The number of ether oxygens (including phenoxy) is 1. The van der Waals surface area contributed by atoms with Crippen molar-refractivity contribution in [1.82, 2.24) is 9.55 Å². The van der Waals surface area contributed by atoms with Crippen molar-refractivity contribution in [3.63, 3.8) is 0 Å². The first kappa shape index (κ1) is 20.6. The summed E-state index contributed by atoms with van der Waals surface area (Å²) in [5, 5.41) is 1.56. The molecule has 4 nitrogen and oxygen atoms in total. The Morgan fingerprint density at radius 2 is 2.07 bits per heavy atom. The van der Waals surface area contributed by atoms with Gasteiger partial charge in [-0.15, -0.1) is 11.3 Å². The van der Waals surface area contributed by atoms with Crippen LogP contribution in [0.3, 0.4) is 0 Å². The molecule has 2 aromatic heterocycles. The Morgan fingerprint density at radius 3 is 2.79 bits per heavy atom. The van der Waals surface area contributed by atoms with Crippen molar-refractivity contribution in [2.24, 2.45) is 5.92 Å². The highest BCUT2D eigenvalue weighted by Gasteiger charge is 2.31. The predicted molar refractivity (Wildman–Crippen MR) is 123 cm³/mol. The molecule has 0 aliphatic carbocycles. The molecule has 0 amide bonds. The van der Waals surface area contributed by atoms with Crippen LogP contribution in [0.2, 0.25) is 0 Å². The van der Waals surface area contributed by atoms with Crippen molar-refractivity contribution in [3.8, 4) is 5.69 Å². The highest BCUT2D eigenvalue weighted by Crippen LogP contribution is 2.38. The molecule has 0 saturated heterocycles. The maximum Gasteiger partial charge on any atom is 0.267 e. The molecular weight excluding hydrogens is 400 g/mol. The third-order valence-electron chi connectivity index (χ3n) is 5.36. The van der Waals surface area contributed by atoms with Gasteiger partial charge in [-0.05, 0) is 50.3 Å². The van der Waals surface area contributed by atoms with E-state index in [0.717, 1.165) is 55.7 Å². The molecule has 154 valence electrons. The standard InChI is InChI=1S/C23H28N2O2S2/c1-14(2)10-11-28-22-24-20-19(16-12-23(4,5)27-13-18(16)29-20)21(26)25(22)17-9-7-6-8-15(17)3/h6-9,14H,10-13H2,1-5H3. The fourth-order valence-corrected chi connectivity index (χ4v) is 6.07. The Labute approximate surface area is 180 Å². The van der Waals surface area contributed by atoms with Gasteiger partial charge in [-0.3, -0.25) is 9.36 Å². The second-order valence-electron chi connectivity index (χ2n) is 8.76. The summed E-state index contributed by atoms with van der Waals surface area (Å²) in [7, 11) is 0. The zero-order valence-corrected chi connectivity index (χ0v) is 19.4. The van der Waals surface area contributed by atoms with Crippen molar-refractivity contribution in [2.45, 2.75) is 64.8 Å². The van der Waals surface area contributed by atoms with Crippen LogP contribution in [0.5, 0.6) is 0 Å². The Kier molecular flexibility index (Phi) is 5.62. The van der Waals surface area contributed by atoms with Crippen molar-refractivity contribution < 1.29 is 4.74 Å². The largest absolute Gasteiger partial charge is 0.370 e. The maximum absolute atomic E-state index is 13.8. The summed E-state index contributed by atoms with van der Waals surface area (Å²) in [6, 6.07) is 8.06. The van der Waals surface area contributed by atoms with E-state index in [1.54, 1.807) is 23.1 Å². The zero-order valence-electron chi connectivity index (χ0n) is 17.7. The summed E-state index contributed by atoms with van der Waals surface area (Å²) in [5.74, 6) is 1.57. The van der Waals surface area contributed by atoms with Crippen LogP contribution in [0.15, 0.2) is 34.2 Å². The van der Waals surface area contributed by atoms with Gasteiger partial charge in [-0.1, -0.05) is 43.8 Å². The molecule has 0 bridgehead atoms. The van der Waals surface area contributed by atoms with Crippen LogP contribution in [-0.2, 0) is 17.8 Å². The van der Waals surface area contributed by atoms with E-state index in [4.69, 9.17) is 9.72 Å². The Morgan fingerprint density at radius 1 is 1.31 bits per heavy atom. The minimum Gasteiger partial charge on any atom is -0.370 e. The molecule has 0 saturated carbocycles. The summed E-state index contributed by atoms with van der Waals surface area (Å²) in [4.78, 5) is 20.8.